The summed E-state index contributed by atoms with van der Waals surface area (Å²) in [6.07, 6.45) is -6.41. The molecule has 0 aromatic heterocycles. The number of aryl methyl sites for hydroxylation is 1. The maximum absolute atomic E-state index is 12.5. The Kier molecular flexibility index (Phi) is 3.24. The van der Waals surface area contributed by atoms with E-state index in [2.05, 4.69) is 4.74 Å². The summed E-state index contributed by atoms with van der Waals surface area (Å²) >= 11 is 0. The predicted octanol–water partition coefficient (Wildman–Crippen LogP) is 2.83. The van der Waals surface area contributed by atoms with Crippen molar-refractivity contribution in [1.82, 2.24) is 0 Å². The zero-order valence-electron chi connectivity index (χ0n) is 8.43. The molecule has 0 fully saturated rings. The van der Waals surface area contributed by atoms with Crippen LogP contribution in [0.25, 0.3) is 0 Å². The van der Waals surface area contributed by atoms with Crippen LogP contribution in [0.15, 0.2) is 18.2 Å². The largest absolute Gasteiger partial charge is 0.418 e. The van der Waals surface area contributed by atoms with E-state index in [0.717, 1.165) is 12.7 Å². The zero-order valence-corrected chi connectivity index (χ0v) is 8.43. The molecule has 0 aliphatic carbocycles. The quantitative estimate of drug-likeness (QED) is 0.776. The minimum atomic E-state index is -4.45. The van der Waals surface area contributed by atoms with Gasteiger partial charge in [-0.3, -0.25) is 0 Å². The van der Waals surface area contributed by atoms with Gasteiger partial charge in [-0.25, -0.2) is 0 Å². The molecule has 0 bridgehead atoms. The average Bonchev–Trinajstić information content (AvgIpc) is 2.07. The third kappa shape index (κ3) is 2.62. The Bertz CT molecular complexity index is 349. The van der Waals surface area contributed by atoms with E-state index < -0.39 is 12.3 Å². The first-order chi connectivity index (χ1) is 6.86. The van der Waals surface area contributed by atoms with Crippen molar-refractivity contribution in [3.05, 3.63) is 29.3 Å². The molecule has 0 heterocycles. The normalized spacial score (nSPS) is 13.9. The molecule has 1 aromatic carbocycles. The van der Waals surface area contributed by atoms with Crippen LogP contribution in [-0.4, -0.2) is 13.3 Å². The third-order valence-corrected chi connectivity index (χ3v) is 2.06. The van der Waals surface area contributed by atoms with Crippen molar-refractivity contribution in [2.75, 3.05) is 12.8 Å². The maximum atomic E-state index is 12.5. The summed E-state index contributed by atoms with van der Waals surface area (Å²) in [7, 11) is 1.01. The minimum Gasteiger partial charge on any atom is -0.398 e. The van der Waals surface area contributed by atoms with Gasteiger partial charge in [0.15, 0.2) is 6.10 Å². The summed E-state index contributed by atoms with van der Waals surface area (Å²) in [4.78, 5) is 0. The highest BCUT2D eigenvalue weighted by atomic mass is 19.4. The monoisotopic (exact) mass is 219 g/mol. The Labute approximate surface area is 85.8 Å². The van der Waals surface area contributed by atoms with Crippen molar-refractivity contribution in [3.8, 4) is 0 Å². The van der Waals surface area contributed by atoms with Crippen molar-refractivity contribution in [1.29, 1.82) is 0 Å². The number of nitrogens with two attached hydrogens (primary N) is 1. The molecule has 1 unspecified atom stereocenters. The topological polar surface area (TPSA) is 35.2 Å². The van der Waals surface area contributed by atoms with Gasteiger partial charge in [0.05, 0.1) is 0 Å². The average molecular weight is 219 g/mol. The number of halogens is 3. The number of nitrogen functional groups attached to an aromatic ring is 1. The van der Waals surface area contributed by atoms with Crippen LogP contribution < -0.4 is 5.73 Å². The Hall–Kier alpha value is -1.23. The lowest BCUT2D eigenvalue weighted by Crippen LogP contribution is -2.23. The fourth-order valence-electron chi connectivity index (χ4n) is 1.37. The molecule has 0 aliphatic heterocycles. The number of hydrogen-bond donors (Lipinski definition) is 1. The van der Waals surface area contributed by atoms with Gasteiger partial charge < -0.3 is 10.5 Å². The molecule has 0 saturated carbocycles. The van der Waals surface area contributed by atoms with Gasteiger partial charge in [0, 0.05) is 18.4 Å². The second-order valence-corrected chi connectivity index (χ2v) is 3.29. The molecule has 1 rings (SSSR count). The highest BCUT2D eigenvalue weighted by Crippen LogP contribution is 2.37. The standard InChI is InChI=1S/C10H12F3NO/c1-6-3-4-7(8(14)5-6)9(15-2)10(11,12)13/h3-5,9H,14H2,1-2H3. The second kappa shape index (κ2) is 4.10. The Morgan fingerprint density at radius 1 is 1.33 bits per heavy atom. The molecule has 0 aliphatic rings. The fourth-order valence-corrected chi connectivity index (χ4v) is 1.37. The van der Waals surface area contributed by atoms with Crippen molar-refractivity contribution in [2.24, 2.45) is 0 Å². The van der Waals surface area contributed by atoms with E-state index in [1.807, 2.05) is 0 Å². The van der Waals surface area contributed by atoms with Gasteiger partial charge in [-0.2, -0.15) is 13.2 Å². The van der Waals surface area contributed by atoms with E-state index in [4.69, 9.17) is 5.73 Å². The van der Waals surface area contributed by atoms with Gasteiger partial charge in [-0.1, -0.05) is 12.1 Å². The lowest BCUT2D eigenvalue weighted by molar-refractivity contribution is -0.215. The van der Waals surface area contributed by atoms with Crippen LogP contribution in [0.3, 0.4) is 0 Å². The lowest BCUT2D eigenvalue weighted by atomic mass is 10.0. The molecule has 15 heavy (non-hydrogen) atoms. The van der Waals surface area contributed by atoms with E-state index in [1.54, 1.807) is 13.0 Å². The van der Waals surface area contributed by atoms with Gasteiger partial charge in [0.1, 0.15) is 0 Å². The smallest absolute Gasteiger partial charge is 0.398 e. The SMILES string of the molecule is COC(c1ccc(C)cc1N)C(F)(F)F. The number of hydrogen-bond acceptors (Lipinski definition) is 2. The van der Waals surface area contributed by atoms with Gasteiger partial charge in [0.25, 0.3) is 0 Å². The van der Waals surface area contributed by atoms with Crippen molar-refractivity contribution >= 4 is 5.69 Å². The Morgan fingerprint density at radius 3 is 2.33 bits per heavy atom. The van der Waals surface area contributed by atoms with E-state index in [1.165, 1.54) is 12.1 Å². The van der Waals surface area contributed by atoms with Crippen LogP contribution in [0.1, 0.15) is 17.2 Å². The van der Waals surface area contributed by atoms with Crippen molar-refractivity contribution in [2.45, 2.75) is 19.2 Å². The van der Waals surface area contributed by atoms with E-state index >= 15 is 0 Å². The summed E-state index contributed by atoms with van der Waals surface area (Å²) < 4.78 is 41.9. The number of methoxy groups -OCH3 is 1. The van der Waals surface area contributed by atoms with Gasteiger partial charge in [-0.15, -0.1) is 0 Å². The molecule has 5 heteroatoms. The summed E-state index contributed by atoms with van der Waals surface area (Å²) in [5.41, 5.74) is 6.38. The molecule has 84 valence electrons. The highest BCUT2D eigenvalue weighted by Gasteiger charge is 2.42. The van der Waals surface area contributed by atoms with Crippen LogP contribution in [0.5, 0.6) is 0 Å². The Balaban J connectivity index is 3.13. The second-order valence-electron chi connectivity index (χ2n) is 3.29. The first kappa shape index (κ1) is 11.8. The summed E-state index contributed by atoms with van der Waals surface area (Å²) in [5.74, 6) is 0. The summed E-state index contributed by atoms with van der Waals surface area (Å²) in [5, 5.41) is 0. The molecule has 2 N–H and O–H groups in total. The molecule has 0 spiro atoms. The van der Waals surface area contributed by atoms with E-state index in [0.29, 0.717) is 0 Å². The molecule has 1 aromatic rings. The van der Waals surface area contributed by atoms with Crippen LogP contribution in [0.4, 0.5) is 18.9 Å². The van der Waals surface area contributed by atoms with Crippen molar-refractivity contribution < 1.29 is 17.9 Å². The molecule has 1 atom stereocenters. The molecule has 0 saturated heterocycles. The number of anilines is 1. The van der Waals surface area contributed by atoms with Crippen LogP contribution in [-0.2, 0) is 4.74 Å². The Morgan fingerprint density at radius 2 is 1.93 bits per heavy atom. The number of benzene rings is 1. The molecule has 0 amide bonds. The van der Waals surface area contributed by atoms with Crippen LogP contribution in [0, 0.1) is 6.92 Å². The third-order valence-electron chi connectivity index (χ3n) is 2.06. The summed E-state index contributed by atoms with van der Waals surface area (Å²) in [6.45, 7) is 1.76. The zero-order chi connectivity index (χ0) is 11.6. The van der Waals surface area contributed by atoms with Gasteiger partial charge in [-0.05, 0) is 18.6 Å². The van der Waals surface area contributed by atoms with Gasteiger partial charge >= 0.3 is 6.18 Å². The lowest BCUT2D eigenvalue weighted by Gasteiger charge is -2.20. The number of rotatable bonds is 2. The van der Waals surface area contributed by atoms with Crippen LogP contribution in [0.2, 0.25) is 0 Å². The maximum Gasteiger partial charge on any atom is 0.418 e. The molecule has 0 radical (unpaired) electrons. The fraction of sp³-hybridized carbons (Fsp3) is 0.400. The molecular weight excluding hydrogens is 207 g/mol. The first-order valence-corrected chi connectivity index (χ1v) is 4.31. The molecule has 2 nitrogen and oxygen atoms in total. The summed E-state index contributed by atoms with van der Waals surface area (Å²) in [6, 6.07) is 4.41. The van der Waals surface area contributed by atoms with E-state index in [9.17, 15) is 13.2 Å². The predicted molar refractivity (Wildman–Crippen MR) is 51.4 cm³/mol. The minimum absolute atomic E-state index is 0.0457. The number of ether oxygens (including phenoxy) is 1. The highest BCUT2D eigenvalue weighted by molar-refractivity contribution is 5.50. The van der Waals surface area contributed by atoms with Crippen molar-refractivity contribution in [3.63, 3.8) is 0 Å². The van der Waals surface area contributed by atoms with Crippen LogP contribution >= 0.6 is 0 Å². The number of alkyl halides is 3. The van der Waals surface area contributed by atoms with E-state index in [-0.39, 0.29) is 11.3 Å². The van der Waals surface area contributed by atoms with Gasteiger partial charge in [0.2, 0.25) is 0 Å². The molecular formula is C10H12F3NO. The first-order valence-electron chi connectivity index (χ1n) is 4.31.